The van der Waals surface area contributed by atoms with Crippen molar-refractivity contribution in [1.29, 1.82) is 0 Å². The molecule has 0 fully saturated rings. The van der Waals surface area contributed by atoms with Gasteiger partial charge in [-0.05, 0) is 25.8 Å². The van der Waals surface area contributed by atoms with E-state index in [1.54, 1.807) is 19.1 Å². The Kier molecular flexibility index (Phi) is 9.18. The van der Waals surface area contributed by atoms with E-state index < -0.39 is 0 Å². The Hall–Kier alpha value is -1.11. The molecule has 14 heavy (non-hydrogen) atoms. The zero-order valence-corrected chi connectivity index (χ0v) is 9.20. The molecule has 0 N–H and O–H groups in total. The van der Waals surface area contributed by atoms with Crippen LogP contribution in [-0.4, -0.2) is 5.78 Å². The van der Waals surface area contributed by atoms with E-state index in [0.717, 1.165) is 6.42 Å². The summed E-state index contributed by atoms with van der Waals surface area (Å²) in [4.78, 5) is 10.5. The molecule has 0 rings (SSSR count). The quantitative estimate of drug-likeness (QED) is 0.340. The summed E-state index contributed by atoms with van der Waals surface area (Å²) in [7, 11) is 0. The first-order chi connectivity index (χ1) is 6.77. The third kappa shape index (κ3) is 10.9. The van der Waals surface area contributed by atoms with E-state index in [1.807, 2.05) is 18.2 Å². The minimum absolute atomic E-state index is 0.0848. The summed E-state index contributed by atoms with van der Waals surface area (Å²) in [5.41, 5.74) is 0. The molecule has 0 heterocycles. The van der Waals surface area contributed by atoms with E-state index in [9.17, 15) is 4.79 Å². The Labute approximate surface area is 87.2 Å². The van der Waals surface area contributed by atoms with Crippen LogP contribution in [0.4, 0.5) is 0 Å². The second-order valence-electron chi connectivity index (χ2n) is 3.28. The molecular weight excluding hydrogens is 172 g/mol. The molecule has 78 valence electrons. The lowest BCUT2D eigenvalue weighted by molar-refractivity contribution is -0.112. The van der Waals surface area contributed by atoms with E-state index in [4.69, 9.17) is 0 Å². The fourth-order valence-corrected chi connectivity index (χ4v) is 1.01. The number of rotatable bonds is 7. The Morgan fingerprint density at radius 3 is 2.43 bits per heavy atom. The number of allylic oxidation sites excluding steroid dienone is 6. The Bertz CT molecular complexity index is 221. The molecule has 0 unspecified atom stereocenters. The van der Waals surface area contributed by atoms with Crippen molar-refractivity contribution in [2.45, 2.75) is 39.5 Å². The lowest BCUT2D eigenvalue weighted by Gasteiger charge is -1.89. The van der Waals surface area contributed by atoms with Gasteiger partial charge in [0.05, 0.1) is 0 Å². The molecule has 0 aromatic heterocycles. The molecule has 0 aliphatic heterocycles. The van der Waals surface area contributed by atoms with Crippen molar-refractivity contribution in [3.8, 4) is 0 Å². The lowest BCUT2D eigenvalue weighted by Crippen LogP contribution is -1.77. The maximum atomic E-state index is 10.5. The molecule has 0 aromatic rings. The van der Waals surface area contributed by atoms with Gasteiger partial charge >= 0.3 is 0 Å². The highest BCUT2D eigenvalue weighted by molar-refractivity contribution is 5.87. The van der Waals surface area contributed by atoms with Gasteiger partial charge in [0.15, 0.2) is 5.78 Å². The highest BCUT2D eigenvalue weighted by atomic mass is 16.1. The van der Waals surface area contributed by atoms with Crippen molar-refractivity contribution >= 4 is 5.78 Å². The van der Waals surface area contributed by atoms with Crippen LogP contribution in [0.25, 0.3) is 0 Å². The summed E-state index contributed by atoms with van der Waals surface area (Å²) < 4.78 is 0. The first-order valence-corrected chi connectivity index (χ1v) is 5.27. The maximum absolute atomic E-state index is 10.5. The van der Waals surface area contributed by atoms with Gasteiger partial charge in [-0.1, -0.05) is 50.1 Å². The number of hydrogen-bond acceptors (Lipinski definition) is 1. The molecule has 0 aromatic carbocycles. The minimum atomic E-state index is 0.0848. The predicted octanol–water partition coefficient (Wildman–Crippen LogP) is 3.82. The highest BCUT2D eigenvalue weighted by Crippen LogP contribution is 1.99. The van der Waals surface area contributed by atoms with Crippen LogP contribution in [0.2, 0.25) is 0 Å². The van der Waals surface area contributed by atoms with Crippen LogP contribution in [0, 0.1) is 0 Å². The summed E-state index contributed by atoms with van der Waals surface area (Å²) in [5.74, 6) is 0.0848. The van der Waals surface area contributed by atoms with E-state index in [2.05, 4.69) is 13.0 Å². The zero-order chi connectivity index (χ0) is 10.6. The first kappa shape index (κ1) is 12.9. The Morgan fingerprint density at radius 1 is 1.07 bits per heavy atom. The number of hydrogen-bond donors (Lipinski definition) is 0. The molecule has 0 saturated carbocycles. The fraction of sp³-hybridized carbons (Fsp3) is 0.462. The fourth-order valence-electron chi connectivity index (χ4n) is 1.01. The van der Waals surface area contributed by atoms with E-state index >= 15 is 0 Å². The van der Waals surface area contributed by atoms with Gasteiger partial charge in [-0.3, -0.25) is 4.79 Å². The van der Waals surface area contributed by atoms with E-state index in [0.29, 0.717) is 0 Å². The topological polar surface area (TPSA) is 17.1 Å². The van der Waals surface area contributed by atoms with Crippen molar-refractivity contribution in [3.05, 3.63) is 36.5 Å². The second-order valence-corrected chi connectivity index (χ2v) is 3.28. The molecule has 0 radical (unpaired) electrons. The number of carbonyl (C=O) groups is 1. The second kappa shape index (κ2) is 9.97. The largest absolute Gasteiger partial charge is 0.295 e. The average Bonchev–Trinajstić information content (AvgIpc) is 2.15. The third-order valence-corrected chi connectivity index (χ3v) is 1.77. The van der Waals surface area contributed by atoms with Gasteiger partial charge in [0.25, 0.3) is 0 Å². The zero-order valence-electron chi connectivity index (χ0n) is 9.20. The Morgan fingerprint density at radius 2 is 1.79 bits per heavy atom. The predicted molar refractivity (Wildman–Crippen MR) is 62.2 cm³/mol. The number of carbonyl (C=O) groups excluding carboxylic acids is 1. The third-order valence-electron chi connectivity index (χ3n) is 1.77. The van der Waals surface area contributed by atoms with Crippen molar-refractivity contribution in [2.75, 3.05) is 0 Å². The van der Waals surface area contributed by atoms with Crippen LogP contribution in [0.5, 0.6) is 0 Å². The summed E-state index contributed by atoms with van der Waals surface area (Å²) >= 11 is 0. The first-order valence-electron chi connectivity index (χ1n) is 5.27. The molecule has 0 aliphatic carbocycles. The smallest absolute Gasteiger partial charge is 0.152 e. The van der Waals surface area contributed by atoms with E-state index in [-0.39, 0.29) is 5.78 Å². The molecule has 0 saturated heterocycles. The summed E-state index contributed by atoms with van der Waals surface area (Å²) in [6, 6.07) is 0. The maximum Gasteiger partial charge on any atom is 0.152 e. The average molecular weight is 192 g/mol. The Balaban J connectivity index is 3.46. The van der Waals surface area contributed by atoms with Gasteiger partial charge in [-0.2, -0.15) is 0 Å². The minimum Gasteiger partial charge on any atom is -0.295 e. The van der Waals surface area contributed by atoms with Crippen LogP contribution in [-0.2, 0) is 4.79 Å². The van der Waals surface area contributed by atoms with Gasteiger partial charge in [0.2, 0.25) is 0 Å². The summed E-state index contributed by atoms with van der Waals surface area (Å²) in [6.45, 7) is 3.75. The van der Waals surface area contributed by atoms with Crippen molar-refractivity contribution in [3.63, 3.8) is 0 Å². The van der Waals surface area contributed by atoms with Gasteiger partial charge in [0, 0.05) is 0 Å². The molecule has 0 atom stereocenters. The molecule has 1 heteroatoms. The van der Waals surface area contributed by atoms with Gasteiger partial charge in [0.1, 0.15) is 0 Å². The van der Waals surface area contributed by atoms with Crippen molar-refractivity contribution in [1.82, 2.24) is 0 Å². The van der Waals surface area contributed by atoms with Gasteiger partial charge in [-0.15, -0.1) is 0 Å². The molecule has 0 aliphatic rings. The van der Waals surface area contributed by atoms with Crippen LogP contribution < -0.4 is 0 Å². The molecule has 0 bridgehead atoms. The normalized spacial score (nSPS) is 12.1. The number of unbranched alkanes of at least 4 members (excludes halogenated alkanes) is 3. The standard InChI is InChI=1S/C13H20O/c1-3-4-5-6-7-8-9-10-11-12-13(2)14/h7-12H,3-6H2,1-2H3/b8-7+,10-9+,12-11+. The lowest BCUT2D eigenvalue weighted by atomic mass is 10.2. The van der Waals surface area contributed by atoms with E-state index in [1.165, 1.54) is 19.3 Å². The van der Waals surface area contributed by atoms with Crippen LogP contribution in [0.3, 0.4) is 0 Å². The number of ketones is 1. The van der Waals surface area contributed by atoms with Crippen molar-refractivity contribution in [2.24, 2.45) is 0 Å². The molecule has 1 nitrogen and oxygen atoms in total. The van der Waals surface area contributed by atoms with Crippen LogP contribution >= 0.6 is 0 Å². The van der Waals surface area contributed by atoms with Crippen molar-refractivity contribution < 1.29 is 4.79 Å². The van der Waals surface area contributed by atoms with Gasteiger partial charge < -0.3 is 0 Å². The molecular formula is C13H20O. The summed E-state index contributed by atoms with van der Waals surface area (Å²) in [5, 5.41) is 0. The monoisotopic (exact) mass is 192 g/mol. The highest BCUT2D eigenvalue weighted by Gasteiger charge is 1.79. The summed E-state index contributed by atoms with van der Waals surface area (Å²) in [6.07, 6.45) is 16.3. The van der Waals surface area contributed by atoms with Gasteiger partial charge in [-0.25, -0.2) is 0 Å². The van der Waals surface area contributed by atoms with Crippen LogP contribution in [0.15, 0.2) is 36.5 Å². The van der Waals surface area contributed by atoms with Crippen LogP contribution in [0.1, 0.15) is 39.5 Å². The SMILES string of the molecule is CCCCC/C=C/C=C/C=C/C(C)=O. The molecule has 0 amide bonds. The molecule has 0 spiro atoms.